The van der Waals surface area contributed by atoms with E-state index in [2.05, 4.69) is 41.5 Å². The second kappa shape index (κ2) is 60.3. The molecule has 19 heteroatoms. The van der Waals surface area contributed by atoms with Crippen molar-refractivity contribution in [1.82, 2.24) is 0 Å². The van der Waals surface area contributed by atoms with E-state index >= 15 is 0 Å². The molecule has 516 valence electrons. The molecule has 17 nitrogen and oxygen atoms in total. The number of carbonyl (C=O) groups is 4. The lowest BCUT2D eigenvalue weighted by Crippen LogP contribution is -2.30. The van der Waals surface area contributed by atoms with Gasteiger partial charge in [-0.2, -0.15) is 0 Å². The largest absolute Gasteiger partial charge is 0.472 e. The maximum atomic E-state index is 13.0. The van der Waals surface area contributed by atoms with E-state index in [1.165, 1.54) is 154 Å². The second-order valence-corrected chi connectivity index (χ2v) is 28.4. The van der Waals surface area contributed by atoms with Crippen molar-refractivity contribution in [1.29, 1.82) is 0 Å². The number of esters is 4. The van der Waals surface area contributed by atoms with E-state index in [4.69, 9.17) is 37.0 Å². The quantitative estimate of drug-likeness (QED) is 0.0222. The van der Waals surface area contributed by atoms with E-state index in [0.717, 1.165) is 102 Å². The average molecular weight is 1280 g/mol. The maximum Gasteiger partial charge on any atom is 0.472 e. The Kier molecular flexibility index (Phi) is 59.0. The molecule has 0 aromatic carbocycles. The van der Waals surface area contributed by atoms with E-state index in [0.29, 0.717) is 31.6 Å². The van der Waals surface area contributed by atoms with Gasteiger partial charge in [-0.3, -0.25) is 37.3 Å². The minimum Gasteiger partial charge on any atom is -0.462 e. The number of ether oxygens (including phenoxy) is 4. The highest BCUT2D eigenvalue weighted by Gasteiger charge is 2.30. The Hall–Kier alpha value is -1.94. The molecule has 0 spiro atoms. The van der Waals surface area contributed by atoms with Crippen LogP contribution in [0.15, 0.2) is 0 Å². The Bertz CT molecular complexity index is 1700. The zero-order valence-electron chi connectivity index (χ0n) is 56.3. The minimum absolute atomic E-state index is 0.103. The average Bonchev–Trinajstić information content (AvgIpc) is 3.60. The first kappa shape index (κ1) is 85.1. The molecule has 0 aliphatic carbocycles. The van der Waals surface area contributed by atoms with E-state index in [9.17, 15) is 43.2 Å². The van der Waals surface area contributed by atoms with Gasteiger partial charge in [-0.05, 0) is 37.5 Å². The first-order chi connectivity index (χ1) is 41.9. The van der Waals surface area contributed by atoms with Crippen LogP contribution >= 0.6 is 15.6 Å². The Morgan fingerprint density at radius 3 is 0.782 bits per heavy atom. The topological polar surface area (TPSA) is 237 Å². The number of phosphoric ester groups is 2. The summed E-state index contributed by atoms with van der Waals surface area (Å²) in [5.74, 6) is -0.624. The van der Waals surface area contributed by atoms with E-state index in [1.807, 2.05) is 0 Å². The number of aliphatic hydroxyl groups excluding tert-OH is 1. The number of phosphoric acid groups is 2. The highest BCUT2D eigenvalue weighted by Crippen LogP contribution is 2.45. The summed E-state index contributed by atoms with van der Waals surface area (Å²) in [6, 6.07) is 0. The Morgan fingerprint density at radius 2 is 0.529 bits per heavy atom. The van der Waals surface area contributed by atoms with Gasteiger partial charge in [0, 0.05) is 25.7 Å². The highest BCUT2D eigenvalue weighted by atomic mass is 31.2. The standard InChI is InChI=1S/C68H132O17P2/c1-7-9-11-13-14-15-24-28-33-39-45-51-66(71)79-57-64(85-67(72)52-46-40-34-29-26-23-21-19-17-16-18-20-22-25-27-31-37-42-48-60(3)4)59-83-87(76,77)81-55-62(69)54-80-86(74,75)82-58-63(56-78-65(70)50-44-36-12-10-8-2)84-68(73)53-47-41-35-30-32-38-43-49-61(5)6/h60-64,69H,7-59H2,1-6H3,(H,74,75)(H,76,77)/t62-,63+,64+/m0/s1. The van der Waals surface area contributed by atoms with Gasteiger partial charge in [0.15, 0.2) is 12.2 Å². The third kappa shape index (κ3) is 62.6. The van der Waals surface area contributed by atoms with Crippen molar-refractivity contribution >= 4 is 39.5 Å². The maximum absolute atomic E-state index is 13.0. The molecule has 0 radical (unpaired) electrons. The van der Waals surface area contributed by atoms with Crippen LogP contribution in [0.2, 0.25) is 0 Å². The van der Waals surface area contributed by atoms with Gasteiger partial charge in [-0.1, -0.05) is 292 Å². The van der Waals surface area contributed by atoms with Gasteiger partial charge < -0.3 is 33.8 Å². The number of carbonyl (C=O) groups excluding carboxylic acids is 4. The molecular formula is C68H132O17P2. The summed E-state index contributed by atoms with van der Waals surface area (Å²) in [5.41, 5.74) is 0. The SMILES string of the molecule is CCCCCCCCCCCCCC(=O)OC[C@H](COP(=O)(O)OC[C@@H](O)COP(=O)(O)OC[C@@H](COC(=O)CCCCCCC)OC(=O)CCCCCCCCCC(C)C)OC(=O)CCCCCCCCCCCCCCCCCCCCC(C)C. The molecule has 0 bridgehead atoms. The summed E-state index contributed by atoms with van der Waals surface area (Å²) in [4.78, 5) is 72.1. The number of rotatable bonds is 67. The summed E-state index contributed by atoms with van der Waals surface area (Å²) in [6.07, 6.45) is 45.0. The predicted molar refractivity (Wildman–Crippen MR) is 349 cm³/mol. The molecule has 0 saturated carbocycles. The molecular weight excluding hydrogens is 1150 g/mol. The minimum atomic E-state index is -4.95. The highest BCUT2D eigenvalue weighted by molar-refractivity contribution is 7.47. The Balaban J connectivity index is 5.09. The van der Waals surface area contributed by atoms with Crippen LogP contribution in [0.25, 0.3) is 0 Å². The fraction of sp³-hybridized carbons (Fsp3) is 0.941. The lowest BCUT2D eigenvalue weighted by molar-refractivity contribution is -0.161. The lowest BCUT2D eigenvalue weighted by Gasteiger charge is -2.21. The summed E-state index contributed by atoms with van der Waals surface area (Å²) in [7, 11) is -9.88. The Labute approximate surface area is 530 Å². The Morgan fingerprint density at radius 1 is 0.310 bits per heavy atom. The first-order valence-electron chi connectivity index (χ1n) is 35.5. The van der Waals surface area contributed by atoms with Crippen LogP contribution in [0.4, 0.5) is 0 Å². The molecule has 0 saturated heterocycles. The number of unbranched alkanes of at least 4 members (excludes halogenated alkanes) is 37. The van der Waals surface area contributed by atoms with Gasteiger partial charge >= 0.3 is 39.5 Å². The van der Waals surface area contributed by atoms with Crippen LogP contribution < -0.4 is 0 Å². The molecule has 2 unspecified atom stereocenters. The summed E-state index contributed by atoms with van der Waals surface area (Å²) in [5, 5.41) is 10.5. The van der Waals surface area contributed by atoms with Gasteiger partial charge in [0.25, 0.3) is 0 Å². The zero-order valence-corrected chi connectivity index (χ0v) is 58.1. The van der Waals surface area contributed by atoms with Crippen LogP contribution in [0.5, 0.6) is 0 Å². The molecule has 87 heavy (non-hydrogen) atoms. The van der Waals surface area contributed by atoms with Gasteiger partial charge in [-0.15, -0.1) is 0 Å². The molecule has 0 aromatic rings. The zero-order chi connectivity index (χ0) is 64.3. The van der Waals surface area contributed by atoms with Crippen LogP contribution in [-0.2, 0) is 65.4 Å². The molecule has 0 aliphatic rings. The van der Waals surface area contributed by atoms with Crippen molar-refractivity contribution in [2.24, 2.45) is 11.8 Å². The predicted octanol–water partition coefficient (Wildman–Crippen LogP) is 19.2. The molecule has 0 heterocycles. The summed E-state index contributed by atoms with van der Waals surface area (Å²) >= 11 is 0. The molecule has 0 aliphatic heterocycles. The number of hydrogen-bond acceptors (Lipinski definition) is 15. The van der Waals surface area contributed by atoms with E-state index in [1.54, 1.807) is 0 Å². The van der Waals surface area contributed by atoms with Crippen molar-refractivity contribution < 1.29 is 80.2 Å². The number of aliphatic hydroxyl groups is 1. The second-order valence-electron chi connectivity index (χ2n) is 25.5. The number of hydrogen-bond donors (Lipinski definition) is 3. The molecule has 0 aromatic heterocycles. The van der Waals surface area contributed by atoms with Crippen LogP contribution in [0.3, 0.4) is 0 Å². The third-order valence-electron chi connectivity index (χ3n) is 15.7. The molecule has 0 amide bonds. The first-order valence-corrected chi connectivity index (χ1v) is 38.5. The van der Waals surface area contributed by atoms with Crippen molar-refractivity contribution in [2.75, 3.05) is 39.6 Å². The van der Waals surface area contributed by atoms with Gasteiger partial charge in [0.1, 0.15) is 19.3 Å². The molecule has 0 fully saturated rings. The van der Waals surface area contributed by atoms with Crippen molar-refractivity contribution in [3.63, 3.8) is 0 Å². The normalized spacial score (nSPS) is 14.2. The van der Waals surface area contributed by atoms with Crippen LogP contribution in [-0.4, -0.2) is 96.7 Å². The van der Waals surface area contributed by atoms with Gasteiger partial charge in [-0.25, -0.2) is 9.13 Å². The van der Waals surface area contributed by atoms with Crippen LogP contribution in [0, 0.1) is 11.8 Å². The smallest absolute Gasteiger partial charge is 0.462 e. The molecule has 0 rings (SSSR count). The summed E-state index contributed by atoms with van der Waals surface area (Å²) in [6.45, 7) is 9.40. The van der Waals surface area contributed by atoms with E-state index < -0.39 is 97.5 Å². The van der Waals surface area contributed by atoms with E-state index in [-0.39, 0.29) is 25.7 Å². The summed E-state index contributed by atoms with van der Waals surface area (Å²) < 4.78 is 67.9. The monoisotopic (exact) mass is 1280 g/mol. The van der Waals surface area contributed by atoms with Crippen molar-refractivity contribution in [3.8, 4) is 0 Å². The van der Waals surface area contributed by atoms with Gasteiger partial charge in [0.05, 0.1) is 26.4 Å². The van der Waals surface area contributed by atoms with Crippen molar-refractivity contribution in [2.45, 2.75) is 362 Å². The lowest BCUT2D eigenvalue weighted by atomic mass is 10.0. The molecule has 5 atom stereocenters. The molecule has 3 N–H and O–H groups in total. The fourth-order valence-electron chi connectivity index (χ4n) is 10.2. The van der Waals surface area contributed by atoms with Gasteiger partial charge in [0.2, 0.25) is 0 Å². The van der Waals surface area contributed by atoms with Crippen LogP contribution in [0.1, 0.15) is 343 Å². The van der Waals surface area contributed by atoms with Crippen molar-refractivity contribution in [3.05, 3.63) is 0 Å². The third-order valence-corrected chi connectivity index (χ3v) is 17.6. The fourth-order valence-corrected chi connectivity index (χ4v) is 11.8.